The number of ketones is 1. The van der Waals surface area contributed by atoms with E-state index in [0.717, 1.165) is 5.56 Å². The van der Waals surface area contributed by atoms with Crippen molar-refractivity contribution in [2.75, 3.05) is 6.61 Å². The highest BCUT2D eigenvalue weighted by atomic mass is 35.5. The summed E-state index contributed by atoms with van der Waals surface area (Å²) in [5.74, 6) is -1.22. The van der Waals surface area contributed by atoms with Gasteiger partial charge in [0, 0.05) is 33.7 Å². The first-order valence-electron chi connectivity index (χ1n) is 9.63. The largest absolute Gasteiger partial charge is 0.454 e. The second-order valence-corrected chi connectivity index (χ2v) is 7.84. The van der Waals surface area contributed by atoms with E-state index in [-0.39, 0.29) is 16.8 Å². The number of para-hydroxylation sites is 1. The van der Waals surface area contributed by atoms with E-state index in [9.17, 15) is 19.7 Å². The van der Waals surface area contributed by atoms with Crippen molar-refractivity contribution in [2.24, 2.45) is 0 Å². The Morgan fingerprint density at radius 2 is 1.67 bits per heavy atom. The number of nitrogens with zero attached hydrogens (tertiary/aromatic N) is 2. The number of non-ortho nitro benzene ring substituents is 1. The fraction of sp³-hybridized carbons (Fsp3) is 0.0417. The smallest absolute Gasteiger partial charge is 0.339 e. The third-order valence-corrected chi connectivity index (χ3v) is 5.44. The summed E-state index contributed by atoms with van der Waals surface area (Å²) in [5.41, 5.74) is 1.87. The molecule has 1 heterocycles. The highest BCUT2D eigenvalue weighted by molar-refractivity contribution is 6.35. The minimum atomic E-state index is -0.727. The third kappa shape index (κ3) is 4.84. The Hall–Kier alpha value is -3.81. The first-order chi connectivity index (χ1) is 15.8. The number of fused-ring (bicyclic) bond motifs is 1. The molecule has 9 heteroatoms. The zero-order valence-electron chi connectivity index (χ0n) is 16.8. The Balaban J connectivity index is 1.63. The topological polar surface area (TPSA) is 99.4 Å². The van der Waals surface area contributed by atoms with Crippen molar-refractivity contribution in [3.63, 3.8) is 0 Å². The Morgan fingerprint density at radius 3 is 2.33 bits per heavy atom. The van der Waals surface area contributed by atoms with E-state index in [1.807, 2.05) is 0 Å². The summed E-state index contributed by atoms with van der Waals surface area (Å²) >= 11 is 12.3. The summed E-state index contributed by atoms with van der Waals surface area (Å²) < 4.78 is 5.27. The Kier molecular flexibility index (Phi) is 6.35. The molecule has 0 amide bonds. The lowest BCUT2D eigenvalue weighted by Gasteiger charge is -2.11. The number of Topliss-reactive ketones (excluding diaryl/α,β-unsaturated/α-hetero) is 1. The summed E-state index contributed by atoms with van der Waals surface area (Å²) in [6.07, 6.45) is 0. The van der Waals surface area contributed by atoms with Gasteiger partial charge in [-0.15, -0.1) is 0 Å². The van der Waals surface area contributed by atoms with Crippen LogP contribution in [-0.2, 0) is 4.74 Å². The van der Waals surface area contributed by atoms with Crippen LogP contribution in [0, 0.1) is 10.1 Å². The van der Waals surface area contributed by atoms with E-state index in [2.05, 4.69) is 4.98 Å². The standard InChI is InChI=1S/C24H14Cl2N2O5/c25-16-8-4-14(5-9-16)21-12-19(18-2-1-3-20(26)23(18)27-21)24(30)33-13-22(29)15-6-10-17(11-7-15)28(31)32/h1-12H,13H2. The van der Waals surface area contributed by atoms with Crippen LogP contribution in [0.15, 0.2) is 72.8 Å². The molecule has 0 fully saturated rings. The minimum absolute atomic E-state index is 0.140. The lowest BCUT2D eigenvalue weighted by atomic mass is 10.0. The molecule has 164 valence electrons. The maximum Gasteiger partial charge on any atom is 0.339 e. The molecule has 3 aromatic carbocycles. The van der Waals surface area contributed by atoms with Crippen LogP contribution in [0.4, 0.5) is 5.69 Å². The van der Waals surface area contributed by atoms with E-state index in [1.54, 1.807) is 48.5 Å². The normalized spacial score (nSPS) is 10.7. The Morgan fingerprint density at radius 1 is 0.970 bits per heavy atom. The van der Waals surface area contributed by atoms with Gasteiger partial charge in [0.05, 0.1) is 26.7 Å². The van der Waals surface area contributed by atoms with Crippen molar-refractivity contribution >= 4 is 51.5 Å². The van der Waals surface area contributed by atoms with Crippen molar-refractivity contribution in [3.05, 3.63) is 104 Å². The van der Waals surface area contributed by atoms with Gasteiger partial charge in [0.1, 0.15) is 0 Å². The number of nitro groups is 1. The molecule has 0 atom stereocenters. The van der Waals surface area contributed by atoms with Gasteiger partial charge in [-0.05, 0) is 36.4 Å². The van der Waals surface area contributed by atoms with Crippen LogP contribution in [0.2, 0.25) is 10.0 Å². The molecule has 0 spiro atoms. The number of benzene rings is 3. The molecule has 0 aliphatic carbocycles. The summed E-state index contributed by atoms with van der Waals surface area (Å²) in [7, 11) is 0. The van der Waals surface area contributed by atoms with Crippen LogP contribution in [0.25, 0.3) is 22.2 Å². The molecule has 0 radical (unpaired) electrons. The van der Waals surface area contributed by atoms with E-state index in [4.69, 9.17) is 27.9 Å². The lowest BCUT2D eigenvalue weighted by molar-refractivity contribution is -0.384. The van der Waals surface area contributed by atoms with Crippen LogP contribution >= 0.6 is 23.2 Å². The van der Waals surface area contributed by atoms with Crippen molar-refractivity contribution in [3.8, 4) is 11.3 Å². The molecular weight excluding hydrogens is 467 g/mol. The summed E-state index contributed by atoms with van der Waals surface area (Å²) in [4.78, 5) is 40.1. The van der Waals surface area contributed by atoms with Crippen molar-refractivity contribution < 1.29 is 19.2 Å². The van der Waals surface area contributed by atoms with Gasteiger partial charge >= 0.3 is 5.97 Å². The first-order valence-corrected chi connectivity index (χ1v) is 10.4. The average molecular weight is 481 g/mol. The maximum absolute atomic E-state index is 12.9. The molecule has 4 rings (SSSR count). The van der Waals surface area contributed by atoms with Crippen molar-refractivity contribution in [1.82, 2.24) is 4.98 Å². The third-order valence-electron chi connectivity index (χ3n) is 4.88. The van der Waals surface area contributed by atoms with Gasteiger partial charge in [0.2, 0.25) is 0 Å². The van der Waals surface area contributed by atoms with E-state index >= 15 is 0 Å². The van der Waals surface area contributed by atoms with Crippen molar-refractivity contribution in [2.45, 2.75) is 0 Å². The number of hydrogen-bond donors (Lipinski definition) is 0. The molecule has 0 bridgehead atoms. The number of rotatable bonds is 6. The quantitative estimate of drug-likeness (QED) is 0.142. The number of halogens is 2. The number of carbonyl (C=O) groups excluding carboxylic acids is 2. The van der Waals surface area contributed by atoms with Crippen LogP contribution in [0.3, 0.4) is 0 Å². The number of nitro benzene ring substituents is 1. The fourth-order valence-corrected chi connectivity index (χ4v) is 3.55. The predicted octanol–water partition coefficient (Wildman–Crippen LogP) is 6.16. The summed E-state index contributed by atoms with van der Waals surface area (Å²) in [5, 5.41) is 12.2. The molecule has 0 saturated carbocycles. The number of ether oxygens (including phenoxy) is 1. The second-order valence-electron chi connectivity index (χ2n) is 7.00. The molecule has 33 heavy (non-hydrogen) atoms. The highest BCUT2D eigenvalue weighted by Crippen LogP contribution is 2.30. The van der Waals surface area contributed by atoms with Gasteiger partial charge in [0.25, 0.3) is 5.69 Å². The molecule has 4 aromatic rings. The van der Waals surface area contributed by atoms with E-state index in [0.29, 0.717) is 26.6 Å². The monoisotopic (exact) mass is 480 g/mol. The minimum Gasteiger partial charge on any atom is -0.454 e. The lowest BCUT2D eigenvalue weighted by Crippen LogP contribution is -2.15. The Bertz CT molecular complexity index is 1390. The number of hydrogen-bond acceptors (Lipinski definition) is 6. The van der Waals surface area contributed by atoms with Crippen LogP contribution < -0.4 is 0 Å². The van der Waals surface area contributed by atoms with Crippen LogP contribution in [0.5, 0.6) is 0 Å². The molecule has 1 aromatic heterocycles. The molecule has 0 unspecified atom stereocenters. The fourth-order valence-electron chi connectivity index (χ4n) is 3.21. The summed E-state index contributed by atoms with van der Waals surface area (Å²) in [6.45, 7) is -0.530. The Labute approximate surface area is 197 Å². The molecule has 0 aliphatic heterocycles. The van der Waals surface area contributed by atoms with Gasteiger partial charge < -0.3 is 4.74 Å². The van der Waals surface area contributed by atoms with Gasteiger partial charge in [-0.1, -0.05) is 47.5 Å². The highest BCUT2D eigenvalue weighted by Gasteiger charge is 2.19. The van der Waals surface area contributed by atoms with E-state index in [1.165, 1.54) is 24.3 Å². The second kappa shape index (κ2) is 9.36. The number of aromatic nitrogens is 1. The molecular formula is C24H14Cl2N2O5. The maximum atomic E-state index is 12.9. The van der Waals surface area contributed by atoms with Crippen LogP contribution in [0.1, 0.15) is 20.7 Å². The predicted molar refractivity (Wildman–Crippen MR) is 125 cm³/mol. The first kappa shape index (κ1) is 22.4. The molecule has 0 aliphatic rings. The van der Waals surface area contributed by atoms with Gasteiger partial charge in [-0.3, -0.25) is 14.9 Å². The zero-order chi connectivity index (χ0) is 23.5. The van der Waals surface area contributed by atoms with E-state index < -0.39 is 23.3 Å². The van der Waals surface area contributed by atoms with Gasteiger partial charge in [0.15, 0.2) is 12.4 Å². The van der Waals surface area contributed by atoms with Crippen molar-refractivity contribution in [1.29, 1.82) is 0 Å². The summed E-state index contributed by atoms with van der Waals surface area (Å²) in [6, 6.07) is 18.6. The number of pyridine rings is 1. The number of esters is 1. The molecule has 0 N–H and O–H groups in total. The number of carbonyl (C=O) groups is 2. The average Bonchev–Trinajstić information content (AvgIpc) is 2.82. The zero-order valence-corrected chi connectivity index (χ0v) is 18.3. The molecule has 0 saturated heterocycles. The van der Waals surface area contributed by atoms with Gasteiger partial charge in [-0.25, -0.2) is 9.78 Å². The van der Waals surface area contributed by atoms with Crippen LogP contribution in [-0.4, -0.2) is 28.3 Å². The SMILES string of the molecule is O=C(COC(=O)c1cc(-c2ccc(Cl)cc2)nc2c(Cl)cccc12)c1ccc([N+](=O)[O-])cc1. The van der Waals surface area contributed by atoms with Gasteiger partial charge in [-0.2, -0.15) is 0 Å². The molecule has 7 nitrogen and oxygen atoms in total.